The molecule has 7 nitrogen and oxygen atoms in total. The fourth-order valence-electron chi connectivity index (χ4n) is 3.58. The lowest BCUT2D eigenvalue weighted by molar-refractivity contribution is -0.116. The summed E-state index contributed by atoms with van der Waals surface area (Å²) in [6.07, 6.45) is 5.14. The van der Waals surface area contributed by atoms with Gasteiger partial charge in [0.2, 0.25) is 5.91 Å². The van der Waals surface area contributed by atoms with Crippen molar-refractivity contribution in [2.75, 3.05) is 5.32 Å². The minimum atomic E-state index is -0.503. The van der Waals surface area contributed by atoms with Gasteiger partial charge < -0.3 is 10.1 Å². The number of amides is 2. The number of nitrogens with one attached hydrogen (secondary N) is 2. The summed E-state index contributed by atoms with van der Waals surface area (Å²) in [5.41, 5.74) is 5.31. The van der Waals surface area contributed by atoms with Gasteiger partial charge in [0.15, 0.2) is 0 Å². The number of hydrogen-bond donors (Lipinski definition) is 3. The predicted molar refractivity (Wildman–Crippen MR) is 93.3 cm³/mol. The van der Waals surface area contributed by atoms with E-state index in [-0.39, 0.29) is 12.0 Å². The molecule has 2 aromatic rings. The summed E-state index contributed by atoms with van der Waals surface area (Å²) < 4.78 is 6.23. The van der Waals surface area contributed by atoms with Gasteiger partial charge in [0.1, 0.15) is 17.7 Å². The van der Waals surface area contributed by atoms with Gasteiger partial charge in [-0.25, -0.2) is 10.5 Å². The molecule has 0 bridgehead atoms. The minimum Gasteiger partial charge on any atom is -0.490 e. The van der Waals surface area contributed by atoms with Crippen LogP contribution in [0.1, 0.15) is 39.9 Å². The highest BCUT2D eigenvalue weighted by molar-refractivity contribution is 5.94. The van der Waals surface area contributed by atoms with Gasteiger partial charge in [-0.15, -0.1) is 0 Å². The van der Waals surface area contributed by atoms with Crippen LogP contribution in [0.2, 0.25) is 0 Å². The predicted octanol–water partition coefficient (Wildman–Crippen LogP) is 2.02. The largest absolute Gasteiger partial charge is 0.490 e. The third kappa shape index (κ3) is 3.13. The molecule has 26 heavy (non-hydrogen) atoms. The summed E-state index contributed by atoms with van der Waals surface area (Å²) in [6, 6.07) is 7.29. The number of rotatable bonds is 3. The maximum atomic E-state index is 11.5. The summed E-state index contributed by atoms with van der Waals surface area (Å²) in [5.74, 6) is 0.849. The number of aromatic nitrogens is 1. The molecule has 1 unspecified atom stereocenters. The topological polar surface area (TPSA) is 101 Å². The Morgan fingerprint density at radius 1 is 1.23 bits per heavy atom. The Hall–Kier alpha value is -2.93. The number of benzene rings is 1. The molecule has 1 aromatic carbocycles. The van der Waals surface area contributed by atoms with Crippen LogP contribution in [-0.2, 0) is 24.1 Å². The lowest BCUT2D eigenvalue weighted by Gasteiger charge is -2.28. The highest BCUT2D eigenvalue weighted by atomic mass is 16.5. The zero-order valence-electron chi connectivity index (χ0n) is 14.1. The quantitative estimate of drug-likeness (QED) is 0.579. The molecule has 1 aromatic heterocycles. The van der Waals surface area contributed by atoms with Crippen molar-refractivity contribution in [2.24, 2.45) is 0 Å². The summed E-state index contributed by atoms with van der Waals surface area (Å²) in [4.78, 5) is 27.3. The highest BCUT2D eigenvalue weighted by Gasteiger charge is 2.24. The fraction of sp³-hybridized carbons (Fsp3) is 0.316. The lowest BCUT2D eigenvalue weighted by atomic mass is 9.88. The van der Waals surface area contributed by atoms with Crippen molar-refractivity contribution in [2.45, 2.75) is 38.2 Å². The Morgan fingerprint density at radius 2 is 2.12 bits per heavy atom. The Morgan fingerprint density at radius 3 is 2.96 bits per heavy atom. The monoisotopic (exact) mass is 353 g/mol. The van der Waals surface area contributed by atoms with Crippen LogP contribution in [0.5, 0.6) is 5.75 Å². The van der Waals surface area contributed by atoms with Crippen molar-refractivity contribution >= 4 is 17.6 Å². The minimum absolute atomic E-state index is 0.0172. The van der Waals surface area contributed by atoms with Crippen molar-refractivity contribution in [1.82, 2.24) is 10.5 Å². The number of ether oxygens (including phenoxy) is 1. The molecule has 1 atom stereocenters. The molecule has 1 aliphatic heterocycles. The number of fused-ring (bicyclic) bond motifs is 2. The van der Waals surface area contributed by atoms with E-state index in [1.165, 1.54) is 0 Å². The van der Waals surface area contributed by atoms with Crippen LogP contribution in [0.25, 0.3) is 0 Å². The maximum Gasteiger partial charge on any atom is 0.274 e. The summed E-state index contributed by atoms with van der Waals surface area (Å²) in [5, 5.41) is 11.5. The van der Waals surface area contributed by atoms with E-state index in [1.54, 1.807) is 17.7 Å². The van der Waals surface area contributed by atoms with Gasteiger partial charge in [0, 0.05) is 30.2 Å². The number of hydroxylamine groups is 1. The molecule has 7 heteroatoms. The van der Waals surface area contributed by atoms with Crippen LogP contribution >= 0.6 is 0 Å². The molecule has 0 radical (unpaired) electrons. The van der Waals surface area contributed by atoms with Gasteiger partial charge in [-0.1, -0.05) is 6.07 Å². The number of hydrogen-bond acceptors (Lipinski definition) is 5. The van der Waals surface area contributed by atoms with Crippen molar-refractivity contribution in [3.05, 3.63) is 52.7 Å². The van der Waals surface area contributed by atoms with Crippen LogP contribution in [0.3, 0.4) is 0 Å². The van der Waals surface area contributed by atoms with Crippen molar-refractivity contribution < 1.29 is 19.5 Å². The number of pyridine rings is 1. The highest BCUT2D eigenvalue weighted by Crippen LogP contribution is 2.32. The molecule has 134 valence electrons. The first-order valence-corrected chi connectivity index (χ1v) is 8.64. The third-order valence-electron chi connectivity index (χ3n) is 4.92. The van der Waals surface area contributed by atoms with Crippen molar-refractivity contribution in [3.63, 3.8) is 0 Å². The van der Waals surface area contributed by atoms with Crippen LogP contribution in [0, 0.1) is 0 Å². The van der Waals surface area contributed by atoms with Crippen LogP contribution < -0.4 is 15.5 Å². The molecular weight excluding hydrogens is 334 g/mol. The SMILES string of the molecule is O=C1CCc2c(OC3CCc4cc(C(=O)NO)ccc4C3)ccnc2N1. The first-order valence-electron chi connectivity index (χ1n) is 8.64. The van der Waals surface area contributed by atoms with Gasteiger partial charge in [0.05, 0.1) is 0 Å². The summed E-state index contributed by atoms with van der Waals surface area (Å²) >= 11 is 0. The van der Waals surface area contributed by atoms with E-state index in [0.29, 0.717) is 24.2 Å². The van der Waals surface area contributed by atoms with Crippen molar-refractivity contribution in [3.8, 4) is 5.75 Å². The summed E-state index contributed by atoms with van der Waals surface area (Å²) in [7, 11) is 0. The molecule has 4 rings (SSSR count). The Labute approximate surface area is 150 Å². The average molecular weight is 353 g/mol. The van der Waals surface area contributed by atoms with E-state index >= 15 is 0 Å². The average Bonchev–Trinajstić information content (AvgIpc) is 2.67. The second-order valence-electron chi connectivity index (χ2n) is 6.59. The maximum absolute atomic E-state index is 11.5. The molecular formula is C19H19N3O4. The molecule has 0 spiro atoms. The number of carbonyl (C=O) groups excluding carboxylic acids is 2. The normalized spacial score (nSPS) is 18.3. The molecule has 0 saturated heterocycles. The summed E-state index contributed by atoms with van der Waals surface area (Å²) in [6.45, 7) is 0. The van der Waals surface area contributed by atoms with Gasteiger partial charge in [-0.05, 0) is 48.6 Å². The smallest absolute Gasteiger partial charge is 0.274 e. The molecule has 2 aliphatic rings. The molecule has 0 saturated carbocycles. The number of carbonyl (C=O) groups is 2. The standard InChI is InChI=1S/C19H19N3O4/c23-17-6-5-15-16(7-8-20-18(15)21-17)26-14-4-3-11-9-13(19(24)22-25)2-1-12(11)10-14/h1-2,7-9,14,25H,3-6,10H2,(H,22,24)(H,20,21,23). The second-order valence-corrected chi connectivity index (χ2v) is 6.59. The van der Waals surface area contributed by atoms with E-state index in [1.807, 2.05) is 18.2 Å². The second kappa shape index (κ2) is 6.76. The van der Waals surface area contributed by atoms with E-state index in [2.05, 4.69) is 10.3 Å². The van der Waals surface area contributed by atoms with E-state index in [9.17, 15) is 9.59 Å². The van der Waals surface area contributed by atoms with Crippen molar-refractivity contribution in [1.29, 1.82) is 0 Å². The molecule has 2 heterocycles. The first-order chi connectivity index (χ1) is 12.6. The van der Waals surface area contributed by atoms with Gasteiger partial charge in [-0.3, -0.25) is 14.8 Å². The van der Waals surface area contributed by atoms with E-state index < -0.39 is 5.91 Å². The Balaban J connectivity index is 1.51. The number of aryl methyl sites for hydroxylation is 1. The lowest BCUT2D eigenvalue weighted by Crippen LogP contribution is -2.27. The van der Waals surface area contributed by atoms with Gasteiger partial charge >= 0.3 is 0 Å². The van der Waals surface area contributed by atoms with E-state index in [4.69, 9.17) is 9.94 Å². The fourth-order valence-corrected chi connectivity index (χ4v) is 3.58. The Kier molecular flexibility index (Phi) is 4.30. The van der Waals surface area contributed by atoms with Crippen LogP contribution in [0.4, 0.5) is 5.82 Å². The van der Waals surface area contributed by atoms with Crippen LogP contribution in [0.15, 0.2) is 30.5 Å². The molecule has 2 amide bonds. The zero-order valence-corrected chi connectivity index (χ0v) is 14.1. The molecule has 1 aliphatic carbocycles. The Bertz CT molecular complexity index is 881. The third-order valence-corrected chi connectivity index (χ3v) is 4.92. The number of nitrogens with zero attached hydrogens (tertiary/aromatic N) is 1. The van der Waals surface area contributed by atoms with E-state index in [0.717, 1.165) is 41.7 Å². The number of anilines is 1. The van der Waals surface area contributed by atoms with Gasteiger partial charge in [-0.2, -0.15) is 0 Å². The first kappa shape index (κ1) is 16.5. The molecule has 3 N–H and O–H groups in total. The van der Waals surface area contributed by atoms with Crippen LogP contribution in [-0.4, -0.2) is 28.1 Å². The zero-order chi connectivity index (χ0) is 18.1. The molecule has 0 fully saturated rings. The van der Waals surface area contributed by atoms with Gasteiger partial charge in [0.25, 0.3) is 5.91 Å².